The molecule has 0 unspecified atom stereocenters. The number of aliphatic hydroxyl groups excluding tert-OH is 1. The van der Waals surface area contributed by atoms with E-state index in [4.69, 9.17) is 4.74 Å². The number of nitrogens with zero attached hydrogens (tertiary/aromatic N) is 3. The Morgan fingerprint density at radius 3 is 2.88 bits per heavy atom. The third-order valence-corrected chi connectivity index (χ3v) is 4.46. The van der Waals surface area contributed by atoms with Crippen LogP contribution in [-0.2, 0) is 17.7 Å². The van der Waals surface area contributed by atoms with Gasteiger partial charge in [0, 0.05) is 25.2 Å². The first-order valence-electron chi connectivity index (χ1n) is 8.68. The van der Waals surface area contributed by atoms with E-state index < -0.39 is 0 Å². The van der Waals surface area contributed by atoms with Gasteiger partial charge in [0.25, 0.3) is 0 Å². The zero-order valence-electron chi connectivity index (χ0n) is 15.3. The Bertz CT molecular complexity index is 809. The number of rotatable bonds is 5. The van der Waals surface area contributed by atoms with E-state index in [0.717, 1.165) is 25.3 Å². The molecule has 3 rings (SSSR count). The number of hydrogen-bond donors (Lipinski definition) is 2. The van der Waals surface area contributed by atoms with Crippen LogP contribution in [0.15, 0.2) is 24.3 Å². The molecule has 7 heteroatoms. The zero-order valence-corrected chi connectivity index (χ0v) is 15.3. The molecule has 1 aromatic heterocycles. The first-order chi connectivity index (χ1) is 12.5. The summed E-state index contributed by atoms with van der Waals surface area (Å²) >= 11 is 0. The molecule has 1 aliphatic rings. The molecule has 0 spiro atoms. The molecule has 0 aliphatic carbocycles. The number of fused-ring (bicyclic) bond motifs is 1. The molecular weight excluding hydrogens is 332 g/mol. The second-order valence-corrected chi connectivity index (χ2v) is 6.53. The average molecular weight is 356 g/mol. The quantitative estimate of drug-likeness (QED) is 0.792. The van der Waals surface area contributed by atoms with Gasteiger partial charge in [0.05, 0.1) is 19.3 Å². The first-order valence-corrected chi connectivity index (χ1v) is 8.68. The Balaban J connectivity index is 1.81. The summed E-state index contributed by atoms with van der Waals surface area (Å²) in [6.07, 6.45) is 0.832. The number of carbonyl (C=O) groups is 1. The number of aryl methyl sites for hydroxylation is 1. The van der Waals surface area contributed by atoms with Gasteiger partial charge in [-0.3, -0.25) is 0 Å². The largest absolute Gasteiger partial charge is 0.465 e. The van der Waals surface area contributed by atoms with Crippen LogP contribution >= 0.6 is 0 Å². The molecule has 1 aliphatic heterocycles. The smallest absolute Gasteiger partial charge is 0.337 e. The molecule has 2 heterocycles. The van der Waals surface area contributed by atoms with E-state index in [0.29, 0.717) is 17.2 Å². The Morgan fingerprint density at radius 1 is 1.35 bits per heavy atom. The van der Waals surface area contributed by atoms with Crippen molar-refractivity contribution in [3.63, 3.8) is 0 Å². The van der Waals surface area contributed by atoms with Crippen molar-refractivity contribution in [3.8, 4) is 0 Å². The third kappa shape index (κ3) is 3.94. The van der Waals surface area contributed by atoms with Crippen LogP contribution in [0.4, 0.5) is 11.6 Å². The fourth-order valence-corrected chi connectivity index (χ4v) is 3.08. The van der Waals surface area contributed by atoms with Crippen molar-refractivity contribution in [2.45, 2.75) is 32.9 Å². The predicted octanol–water partition coefficient (Wildman–Crippen LogP) is 1.93. The van der Waals surface area contributed by atoms with Gasteiger partial charge in [-0.1, -0.05) is 6.07 Å². The summed E-state index contributed by atoms with van der Waals surface area (Å²) in [5.41, 5.74) is 2.93. The second kappa shape index (κ2) is 7.70. The molecule has 26 heavy (non-hydrogen) atoms. The molecule has 0 fully saturated rings. The van der Waals surface area contributed by atoms with Crippen LogP contribution < -0.4 is 10.2 Å². The number of anilines is 2. The van der Waals surface area contributed by atoms with Crippen LogP contribution in [-0.4, -0.2) is 47.3 Å². The van der Waals surface area contributed by atoms with Crippen LogP contribution in [0.25, 0.3) is 0 Å². The Kier molecular flexibility index (Phi) is 5.37. The van der Waals surface area contributed by atoms with Crippen molar-refractivity contribution in [2.24, 2.45) is 0 Å². The van der Waals surface area contributed by atoms with Crippen LogP contribution in [0.5, 0.6) is 0 Å². The maximum atomic E-state index is 11.7. The molecule has 0 saturated carbocycles. The minimum Gasteiger partial charge on any atom is -0.465 e. The monoisotopic (exact) mass is 356 g/mol. The summed E-state index contributed by atoms with van der Waals surface area (Å²) in [4.78, 5) is 22.8. The molecule has 0 bridgehead atoms. The highest BCUT2D eigenvalue weighted by Crippen LogP contribution is 2.26. The van der Waals surface area contributed by atoms with Crippen molar-refractivity contribution in [3.05, 3.63) is 46.8 Å². The van der Waals surface area contributed by atoms with Gasteiger partial charge in [0.2, 0.25) is 0 Å². The van der Waals surface area contributed by atoms with E-state index in [2.05, 4.69) is 20.2 Å². The lowest BCUT2D eigenvalue weighted by Crippen LogP contribution is -2.31. The summed E-state index contributed by atoms with van der Waals surface area (Å²) in [5.74, 6) is 1.94. The molecule has 2 aromatic rings. The second-order valence-electron chi connectivity index (χ2n) is 6.53. The highest BCUT2D eigenvalue weighted by atomic mass is 16.5. The molecule has 0 amide bonds. The summed E-state index contributed by atoms with van der Waals surface area (Å²) in [5, 5.41) is 12.4. The standard InChI is InChI=1S/C19H24N4O3/c1-12(11-24)20-17-9-18(22-13(2)21-17)23-7-6-14-8-15(19(25)26-3)4-5-16(14)10-23/h4-5,8-9,12,24H,6-7,10-11H2,1-3H3,(H,20,21,22)/t12-/m1/s1. The summed E-state index contributed by atoms with van der Waals surface area (Å²) in [6, 6.07) is 7.53. The number of hydrogen-bond acceptors (Lipinski definition) is 7. The van der Waals surface area contributed by atoms with E-state index in [-0.39, 0.29) is 18.6 Å². The first kappa shape index (κ1) is 18.1. The van der Waals surface area contributed by atoms with Gasteiger partial charge in [0.15, 0.2) is 0 Å². The molecule has 0 radical (unpaired) electrons. The lowest BCUT2D eigenvalue weighted by atomic mass is 9.97. The number of aliphatic hydroxyl groups is 1. The number of carbonyl (C=O) groups excluding carboxylic acids is 1. The maximum absolute atomic E-state index is 11.7. The number of esters is 1. The summed E-state index contributed by atoms with van der Waals surface area (Å²) in [7, 11) is 1.39. The normalized spacial score (nSPS) is 14.5. The van der Waals surface area contributed by atoms with Gasteiger partial charge in [0.1, 0.15) is 17.5 Å². The van der Waals surface area contributed by atoms with E-state index in [1.165, 1.54) is 18.2 Å². The van der Waals surface area contributed by atoms with Crippen molar-refractivity contribution in [1.29, 1.82) is 0 Å². The highest BCUT2D eigenvalue weighted by Gasteiger charge is 2.20. The number of ether oxygens (including phenoxy) is 1. The number of benzene rings is 1. The topological polar surface area (TPSA) is 87.6 Å². The van der Waals surface area contributed by atoms with Gasteiger partial charge in [-0.05, 0) is 43.5 Å². The number of aromatic nitrogens is 2. The fourth-order valence-electron chi connectivity index (χ4n) is 3.08. The van der Waals surface area contributed by atoms with E-state index in [1.54, 1.807) is 6.07 Å². The maximum Gasteiger partial charge on any atom is 0.337 e. The predicted molar refractivity (Wildman–Crippen MR) is 99.5 cm³/mol. The van der Waals surface area contributed by atoms with Crippen LogP contribution in [0.3, 0.4) is 0 Å². The van der Waals surface area contributed by atoms with Crippen molar-refractivity contribution in [1.82, 2.24) is 9.97 Å². The molecule has 7 nitrogen and oxygen atoms in total. The lowest BCUT2D eigenvalue weighted by molar-refractivity contribution is 0.0600. The Labute approximate surface area is 153 Å². The summed E-state index contributed by atoms with van der Waals surface area (Å²) < 4.78 is 4.79. The minimum atomic E-state index is -0.310. The van der Waals surface area contributed by atoms with Crippen LogP contribution in [0.2, 0.25) is 0 Å². The van der Waals surface area contributed by atoms with Gasteiger partial charge in [-0.2, -0.15) is 0 Å². The molecule has 138 valence electrons. The van der Waals surface area contributed by atoms with Crippen molar-refractivity contribution >= 4 is 17.6 Å². The summed E-state index contributed by atoms with van der Waals surface area (Å²) in [6.45, 7) is 5.33. The van der Waals surface area contributed by atoms with Gasteiger partial charge in [-0.25, -0.2) is 14.8 Å². The minimum absolute atomic E-state index is 0.0397. The Morgan fingerprint density at radius 2 is 2.15 bits per heavy atom. The molecule has 0 saturated heterocycles. The zero-order chi connectivity index (χ0) is 18.7. The Hall–Kier alpha value is -2.67. The third-order valence-electron chi connectivity index (χ3n) is 4.46. The average Bonchev–Trinajstić information content (AvgIpc) is 2.65. The van der Waals surface area contributed by atoms with E-state index >= 15 is 0 Å². The fraction of sp³-hybridized carbons (Fsp3) is 0.421. The van der Waals surface area contributed by atoms with Crippen LogP contribution in [0.1, 0.15) is 34.2 Å². The van der Waals surface area contributed by atoms with Crippen LogP contribution in [0, 0.1) is 6.92 Å². The molecule has 2 N–H and O–H groups in total. The molecule has 1 atom stereocenters. The number of methoxy groups -OCH3 is 1. The van der Waals surface area contributed by atoms with E-state index in [9.17, 15) is 9.90 Å². The lowest BCUT2D eigenvalue weighted by Gasteiger charge is -2.30. The number of nitrogens with one attached hydrogen (secondary N) is 1. The van der Waals surface area contributed by atoms with E-state index in [1.807, 2.05) is 32.0 Å². The molecule has 1 aromatic carbocycles. The highest BCUT2D eigenvalue weighted by molar-refractivity contribution is 5.89. The van der Waals surface area contributed by atoms with Gasteiger partial charge < -0.3 is 20.1 Å². The van der Waals surface area contributed by atoms with Crippen molar-refractivity contribution < 1.29 is 14.6 Å². The van der Waals surface area contributed by atoms with Crippen molar-refractivity contribution in [2.75, 3.05) is 30.5 Å². The van der Waals surface area contributed by atoms with Gasteiger partial charge in [-0.15, -0.1) is 0 Å². The SMILES string of the molecule is COC(=O)c1ccc2c(c1)CCN(c1cc(N[C@H](C)CO)nc(C)n1)C2. The van der Waals surface area contributed by atoms with Gasteiger partial charge >= 0.3 is 5.97 Å². The molecular formula is C19H24N4O3.